The Bertz CT molecular complexity index is 461. The highest BCUT2D eigenvalue weighted by Gasteiger charge is 2.33. The predicted octanol–water partition coefficient (Wildman–Crippen LogP) is 1.70. The molecule has 2 unspecified atom stereocenters. The molecule has 0 radical (unpaired) electrons. The Morgan fingerprint density at radius 2 is 2.11 bits per heavy atom. The molecular weight excluding hydrogens is 240 g/mol. The molecule has 106 valence electrons. The third-order valence-corrected chi connectivity index (χ3v) is 4.03. The molecule has 3 N–H and O–H groups in total. The maximum atomic E-state index is 9.59. The van der Waals surface area contributed by atoms with Gasteiger partial charge in [0.25, 0.3) is 0 Å². The number of rotatable bonds is 3. The highest BCUT2D eigenvalue weighted by molar-refractivity contribution is 5.58. The summed E-state index contributed by atoms with van der Waals surface area (Å²) in [5.74, 6) is 2.93. The van der Waals surface area contributed by atoms with E-state index in [-0.39, 0.29) is 18.6 Å². The van der Waals surface area contributed by atoms with Crippen LogP contribution >= 0.6 is 0 Å². The maximum Gasteiger partial charge on any atom is 0.137 e. The van der Waals surface area contributed by atoms with Crippen LogP contribution in [0.4, 0.5) is 11.6 Å². The van der Waals surface area contributed by atoms with Gasteiger partial charge in [-0.3, -0.25) is 0 Å². The summed E-state index contributed by atoms with van der Waals surface area (Å²) in [4.78, 5) is 11.2. The first-order valence-electron chi connectivity index (χ1n) is 6.97. The highest BCUT2D eigenvalue weighted by Crippen LogP contribution is 2.32. The van der Waals surface area contributed by atoms with Gasteiger partial charge in [-0.2, -0.15) is 0 Å². The van der Waals surface area contributed by atoms with Crippen LogP contribution < -0.4 is 10.6 Å². The monoisotopic (exact) mass is 264 g/mol. The van der Waals surface area contributed by atoms with Gasteiger partial charge >= 0.3 is 0 Å². The second-order valence-electron chi connectivity index (χ2n) is 5.78. The zero-order valence-electron chi connectivity index (χ0n) is 12.2. The van der Waals surface area contributed by atoms with E-state index in [1.165, 1.54) is 0 Å². The minimum atomic E-state index is 0.132. The Kier molecular flexibility index (Phi) is 3.94. The van der Waals surface area contributed by atoms with Crippen LogP contribution in [-0.2, 0) is 0 Å². The molecule has 5 heteroatoms. The molecule has 0 saturated carbocycles. The molecule has 0 aliphatic carbocycles. The van der Waals surface area contributed by atoms with Gasteiger partial charge in [0, 0.05) is 18.0 Å². The number of anilines is 2. The summed E-state index contributed by atoms with van der Waals surface area (Å²) in [6, 6.07) is 0.132. The van der Waals surface area contributed by atoms with Gasteiger partial charge < -0.3 is 15.7 Å². The molecule has 1 fully saturated rings. The topological polar surface area (TPSA) is 75.3 Å². The van der Waals surface area contributed by atoms with Crippen LogP contribution in [0.3, 0.4) is 0 Å². The maximum absolute atomic E-state index is 9.59. The van der Waals surface area contributed by atoms with Crippen LogP contribution in [0.5, 0.6) is 0 Å². The van der Waals surface area contributed by atoms with Crippen LogP contribution in [0.1, 0.15) is 44.5 Å². The molecule has 2 heterocycles. The Hall–Kier alpha value is -1.36. The summed E-state index contributed by atoms with van der Waals surface area (Å²) >= 11 is 0. The molecular formula is C14H24N4O. The van der Waals surface area contributed by atoms with Crippen molar-refractivity contribution in [3.8, 4) is 0 Å². The minimum absolute atomic E-state index is 0.132. The Morgan fingerprint density at radius 1 is 1.42 bits per heavy atom. The van der Waals surface area contributed by atoms with E-state index in [2.05, 4.69) is 35.6 Å². The minimum Gasteiger partial charge on any atom is -0.394 e. The molecule has 19 heavy (non-hydrogen) atoms. The van der Waals surface area contributed by atoms with Crippen LogP contribution in [0, 0.1) is 12.8 Å². The number of hydrogen-bond donors (Lipinski definition) is 2. The second-order valence-corrected chi connectivity index (χ2v) is 5.78. The lowest BCUT2D eigenvalue weighted by atomic mass is 10.0. The van der Waals surface area contributed by atoms with Crippen molar-refractivity contribution in [1.29, 1.82) is 0 Å². The summed E-state index contributed by atoms with van der Waals surface area (Å²) in [5, 5.41) is 9.59. The standard InChI is InChI=1S/C14H24N4O/c1-8(2)13-16-12(15)10(4)14(17-13)18-6-5-9(3)11(18)7-19/h8-9,11,19H,5-7H2,1-4H3,(H2,15,16,17). The lowest BCUT2D eigenvalue weighted by Crippen LogP contribution is -2.36. The van der Waals surface area contributed by atoms with Crippen LogP contribution in [-0.4, -0.2) is 34.3 Å². The van der Waals surface area contributed by atoms with E-state index in [1.807, 2.05) is 6.92 Å². The third kappa shape index (κ3) is 2.52. The summed E-state index contributed by atoms with van der Waals surface area (Å²) in [6.45, 7) is 9.31. The highest BCUT2D eigenvalue weighted by atomic mass is 16.3. The fourth-order valence-corrected chi connectivity index (χ4v) is 2.63. The number of aliphatic hydroxyl groups is 1. The van der Waals surface area contributed by atoms with Gasteiger partial charge in [-0.05, 0) is 19.3 Å². The predicted molar refractivity (Wildman–Crippen MR) is 77.3 cm³/mol. The largest absolute Gasteiger partial charge is 0.394 e. The molecule has 2 atom stereocenters. The molecule has 2 rings (SSSR count). The van der Waals surface area contributed by atoms with E-state index in [4.69, 9.17) is 5.73 Å². The van der Waals surface area contributed by atoms with Gasteiger partial charge in [0.05, 0.1) is 12.6 Å². The van der Waals surface area contributed by atoms with Crippen molar-refractivity contribution in [3.05, 3.63) is 11.4 Å². The molecule has 1 aromatic heterocycles. The first-order chi connectivity index (χ1) is 8.95. The molecule has 0 spiro atoms. The van der Waals surface area contributed by atoms with Crippen molar-refractivity contribution < 1.29 is 5.11 Å². The van der Waals surface area contributed by atoms with Gasteiger partial charge in [-0.15, -0.1) is 0 Å². The fourth-order valence-electron chi connectivity index (χ4n) is 2.63. The normalized spacial score (nSPS) is 23.4. The number of aliphatic hydroxyl groups excluding tert-OH is 1. The van der Waals surface area contributed by atoms with Gasteiger partial charge in [-0.25, -0.2) is 9.97 Å². The van der Waals surface area contributed by atoms with Gasteiger partial charge in [-0.1, -0.05) is 20.8 Å². The number of hydrogen-bond acceptors (Lipinski definition) is 5. The summed E-state index contributed by atoms with van der Waals surface area (Å²) < 4.78 is 0. The average Bonchev–Trinajstić information content (AvgIpc) is 2.73. The van der Waals surface area contributed by atoms with Crippen molar-refractivity contribution in [2.45, 2.75) is 46.1 Å². The number of nitrogen functional groups attached to an aromatic ring is 1. The summed E-state index contributed by atoms with van der Waals surface area (Å²) in [7, 11) is 0. The quantitative estimate of drug-likeness (QED) is 0.869. The number of aromatic nitrogens is 2. The van der Waals surface area contributed by atoms with E-state index in [0.29, 0.717) is 11.7 Å². The third-order valence-electron chi connectivity index (χ3n) is 4.03. The first kappa shape index (κ1) is 14.1. The van der Waals surface area contributed by atoms with Crippen molar-refractivity contribution in [3.63, 3.8) is 0 Å². The van der Waals surface area contributed by atoms with Crippen molar-refractivity contribution in [1.82, 2.24) is 9.97 Å². The van der Waals surface area contributed by atoms with Gasteiger partial charge in [0.15, 0.2) is 0 Å². The van der Waals surface area contributed by atoms with Crippen molar-refractivity contribution >= 4 is 11.6 Å². The van der Waals surface area contributed by atoms with Crippen LogP contribution in [0.15, 0.2) is 0 Å². The van der Waals surface area contributed by atoms with Crippen LogP contribution in [0.2, 0.25) is 0 Å². The molecule has 1 aliphatic heterocycles. The molecule has 1 aliphatic rings. The first-order valence-corrected chi connectivity index (χ1v) is 6.97. The zero-order chi connectivity index (χ0) is 14.2. The Labute approximate surface area is 114 Å². The van der Waals surface area contributed by atoms with Gasteiger partial charge in [0.2, 0.25) is 0 Å². The Balaban J connectivity index is 2.44. The zero-order valence-corrected chi connectivity index (χ0v) is 12.2. The average molecular weight is 264 g/mol. The molecule has 0 amide bonds. The SMILES string of the molecule is Cc1c(N)nc(C(C)C)nc1N1CCC(C)C1CO. The molecule has 5 nitrogen and oxygen atoms in total. The van der Waals surface area contributed by atoms with E-state index < -0.39 is 0 Å². The van der Waals surface area contributed by atoms with Crippen molar-refractivity contribution in [2.75, 3.05) is 23.8 Å². The molecule has 1 saturated heterocycles. The lowest BCUT2D eigenvalue weighted by molar-refractivity contribution is 0.244. The summed E-state index contributed by atoms with van der Waals surface area (Å²) in [6.07, 6.45) is 1.07. The van der Waals surface area contributed by atoms with Crippen LogP contribution in [0.25, 0.3) is 0 Å². The number of nitrogens with two attached hydrogens (primary N) is 1. The van der Waals surface area contributed by atoms with Gasteiger partial charge in [0.1, 0.15) is 17.5 Å². The molecule has 0 bridgehead atoms. The van der Waals surface area contributed by atoms with E-state index >= 15 is 0 Å². The summed E-state index contributed by atoms with van der Waals surface area (Å²) in [5.41, 5.74) is 6.92. The second kappa shape index (κ2) is 5.33. The smallest absolute Gasteiger partial charge is 0.137 e. The number of nitrogens with zero attached hydrogens (tertiary/aromatic N) is 3. The molecule has 0 aromatic carbocycles. The Morgan fingerprint density at radius 3 is 2.68 bits per heavy atom. The van der Waals surface area contributed by atoms with Crippen molar-refractivity contribution in [2.24, 2.45) is 5.92 Å². The lowest BCUT2D eigenvalue weighted by Gasteiger charge is -2.28. The fraction of sp³-hybridized carbons (Fsp3) is 0.714. The molecule has 1 aromatic rings. The van der Waals surface area contributed by atoms with E-state index in [9.17, 15) is 5.11 Å². The van der Waals surface area contributed by atoms with E-state index in [1.54, 1.807) is 0 Å². The van der Waals surface area contributed by atoms with E-state index in [0.717, 1.165) is 30.2 Å².